The average molecular weight is 302 g/mol. The largest absolute Gasteiger partial charge is 0.401 e. The number of amides is 1. The van der Waals surface area contributed by atoms with Gasteiger partial charge in [-0.25, -0.2) is 4.98 Å². The number of carbonyl (C=O) groups excluding carboxylic acids is 1. The molecule has 2 rings (SSSR count). The maximum Gasteiger partial charge on any atom is 0.401 e. The summed E-state index contributed by atoms with van der Waals surface area (Å²) in [6, 6.07) is 3.16. The Kier molecular flexibility index (Phi) is 4.66. The Morgan fingerprint density at radius 3 is 2.95 bits per heavy atom. The van der Waals surface area contributed by atoms with Crippen LogP contribution in [0.1, 0.15) is 16.8 Å². The van der Waals surface area contributed by atoms with E-state index in [1.54, 1.807) is 12.1 Å². The number of likely N-dealkylation sites (tertiary alicyclic amines) is 1. The van der Waals surface area contributed by atoms with Crippen molar-refractivity contribution in [3.05, 3.63) is 23.9 Å². The van der Waals surface area contributed by atoms with Crippen LogP contribution in [0.5, 0.6) is 0 Å². The van der Waals surface area contributed by atoms with Crippen molar-refractivity contribution in [1.29, 1.82) is 0 Å². The number of hydrogen-bond donors (Lipinski definition) is 2. The minimum Gasteiger partial charge on any atom is -0.369 e. The van der Waals surface area contributed by atoms with E-state index in [9.17, 15) is 18.0 Å². The highest BCUT2D eigenvalue weighted by atomic mass is 19.4. The highest BCUT2D eigenvalue weighted by Gasteiger charge is 2.34. The summed E-state index contributed by atoms with van der Waals surface area (Å²) >= 11 is 0. The van der Waals surface area contributed by atoms with Crippen LogP contribution < -0.4 is 11.1 Å². The molecule has 21 heavy (non-hydrogen) atoms. The molecule has 8 heteroatoms. The van der Waals surface area contributed by atoms with Crippen molar-refractivity contribution < 1.29 is 18.0 Å². The minimum atomic E-state index is -4.16. The first-order valence-electron chi connectivity index (χ1n) is 6.63. The summed E-state index contributed by atoms with van der Waals surface area (Å²) in [7, 11) is 0. The molecule has 0 saturated carbocycles. The number of halogens is 3. The minimum absolute atomic E-state index is 0.0927. The number of carbonyl (C=O) groups is 1. The molecule has 1 aliphatic rings. The van der Waals surface area contributed by atoms with Gasteiger partial charge >= 0.3 is 6.18 Å². The first-order chi connectivity index (χ1) is 9.85. The van der Waals surface area contributed by atoms with Gasteiger partial charge in [-0.15, -0.1) is 0 Å². The number of pyridine rings is 1. The highest BCUT2D eigenvalue weighted by Crippen LogP contribution is 2.23. The van der Waals surface area contributed by atoms with Gasteiger partial charge in [-0.1, -0.05) is 0 Å². The monoisotopic (exact) mass is 302 g/mol. The quantitative estimate of drug-likeness (QED) is 0.864. The van der Waals surface area contributed by atoms with Crippen LogP contribution in [0.15, 0.2) is 18.3 Å². The third kappa shape index (κ3) is 4.59. The molecule has 3 N–H and O–H groups in total. The van der Waals surface area contributed by atoms with E-state index in [-0.39, 0.29) is 11.5 Å². The molecule has 2 heterocycles. The fraction of sp³-hybridized carbons (Fsp3) is 0.538. The number of rotatable bonds is 5. The molecular weight excluding hydrogens is 285 g/mol. The topological polar surface area (TPSA) is 71.2 Å². The van der Waals surface area contributed by atoms with E-state index >= 15 is 0 Å². The van der Waals surface area contributed by atoms with Gasteiger partial charge in [0.2, 0.25) is 0 Å². The predicted molar refractivity (Wildman–Crippen MR) is 71.8 cm³/mol. The predicted octanol–water partition coefficient (Wildman–Crippen LogP) is 1.48. The summed E-state index contributed by atoms with van der Waals surface area (Å²) in [6.07, 6.45) is -1.95. The molecule has 1 aromatic heterocycles. The second kappa shape index (κ2) is 6.30. The van der Waals surface area contributed by atoms with Gasteiger partial charge in [0.1, 0.15) is 5.82 Å². The Labute approximate surface area is 120 Å². The zero-order chi connectivity index (χ0) is 15.5. The molecule has 116 valence electrons. The van der Waals surface area contributed by atoms with Crippen LogP contribution >= 0.6 is 0 Å². The van der Waals surface area contributed by atoms with Gasteiger partial charge in [0.15, 0.2) is 0 Å². The Hall–Kier alpha value is -1.83. The first kappa shape index (κ1) is 15.6. The number of aromatic nitrogens is 1. The summed E-state index contributed by atoms with van der Waals surface area (Å²) in [5.74, 6) is -0.120. The Bertz CT molecular complexity index is 506. The molecule has 0 spiro atoms. The number of alkyl halides is 3. The van der Waals surface area contributed by atoms with Crippen LogP contribution in [-0.2, 0) is 0 Å². The van der Waals surface area contributed by atoms with Crippen LogP contribution in [0.2, 0.25) is 0 Å². The normalized spacial score (nSPS) is 19.7. The molecular formula is C13H17F3N4O. The van der Waals surface area contributed by atoms with Crippen molar-refractivity contribution in [3.8, 4) is 0 Å². The molecule has 0 aliphatic carbocycles. The van der Waals surface area contributed by atoms with E-state index in [2.05, 4.69) is 10.3 Å². The summed E-state index contributed by atoms with van der Waals surface area (Å²) in [4.78, 5) is 16.7. The third-order valence-electron chi connectivity index (χ3n) is 3.40. The van der Waals surface area contributed by atoms with Gasteiger partial charge in [0.25, 0.3) is 5.91 Å². The molecule has 1 amide bonds. The van der Waals surface area contributed by atoms with Gasteiger partial charge < -0.3 is 11.1 Å². The number of nitrogens with zero attached hydrogens (tertiary/aromatic N) is 2. The van der Waals surface area contributed by atoms with Gasteiger partial charge in [-0.2, -0.15) is 13.2 Å². The molecule has 1 atom stereocenters. The van der Waals surface area contributed by atoms with E-state index in [4.69, 9.17) is 5.73 Å². The molecule has 1 fully saturated rings. The number of anilines is 1. The molecule has 1 saturated heterocycles. The summed E-state index contributed by atoms with van der Waals surface area (Å²) in [6.45, 7) is 0.396. The molecule has 1 aliphatic heterocycles. The third-order valence-corrected chi connectivity index (χ3v) is 3.40. The fourth-order valence-corrected chi connectivity index (χ4v) is 2.46. The van der Waals surface area contributed by atoms with Crippen molar-refractivity contribution in [2.45, 2.75) is 12.6 Å². The second-order valence-electron chi connectivity index (χ2n) is 5.15. The van der Waals surface area contributed by atoms with E-state index in [0.717, 1.165) is 0 Å². The number of nitrogens with two attached hydrogens (primary N) is 1. The van der Waals surface area contributed by atoms with E-state index in [1.165, 1.54) is 11.1 Å². The Balaban J connectivity index is 1.86. The van der Waals surface area contributed by atoms with Crippen molar-refractivity contribution in [2.75, 3.05) is 31.5 Å². The number of primary amides is 1. The lowest BCUT2D eigenvalue weighted by Crippen LogP contribution is -2.33. The zero-order valence-corrected chi connectivity index (χ0v) is 11.4. The number of hydrogen-bond acceptors (Lipinski definition) is 4. The molecule has 1 aromatic rings. The van der Waals surface area contributed by atoms with Crippen LogP contribution in [-0.4, -0.2) is 48.1 Å². The smallest absolute Gasteiger partial charge is 0.369 e. The van der Waals surface area contributed by atoms with Crippen LogP contribution in [0.4, 0.5) is 19.0 Å². The lowest BCUT2D eigenvalue weighted by Gasteiger charge is -2.18. The van der Waals surface area contributed by atoms with Crippen molar-refractivity contribution >= 4 is 11.7 Å². The van der Waals surface area contributed by atoms with E-state index in [0.29, 0.717) is 31.9 Å². The molecule has 0 bridgehead atoms. The average Bonchev–Trinajstić information content (AvgIpc) is 2.82. The molecule has 0 radical (unpaired) electrons. The molecule has 1 unspecified atom stereocenters. The Morgan fingerprint density at radius 1 is 1.52 bits per heavy atom. The summed E-state index contributed by atoms with van der Waals surface area (Å²) in [5, 5.41) is 3.00. The van der Waals surface area contributed by atoms with Gasteiger partial charge in [-0.3, -0.25) is 9.69 Å². The fourth-order valence-electron chi connectivity index (χ4n) is 2.46. The van der Waals surface area contributed by atoms with E-state index in [1.807, 2.05) is 0 Å². The van der Waals surface area contributed by atoms with E-state index < -0.39 is 18.6 Å². The number of nitrogens with one attached hydrogen (secondary N) is 1. The van der Waals surface area contributed by atoms with Crippen LogP contribution in [0.3, 0.4) is 0 Å². The van der Waals surface area contributed by atoms with Crippen molar-refractivity contribution in [3.63, 3.8) is 0 Å². The van der Waals surface area contributed by atoms with Crippen molar-refractivity contribution in [1.82, 2.24) is 9.88 Å². The van der Waals surface area contributed by atoms with Crippen molar-refractivity contribution in [2.24, 2.45) is 11.7 Å². The maximum atomic E-state index is 12.3. The van der Waals surface area contributed by atoms with Gasteiger partial charge in [-0.05, 0) is 31.0 Å². The lowest BCUT2D eigenvalue weighted by molar-refractivity contribution is -0.143. The van der Waals surface area contributed by atoms with Gasteiger partial charge in [0, 0.05) is 19.3 Å². The van der Waals surface area contributed by atoms with Crippen LogP contribution in [0, 0.1) is 5.92 Å². The Morgan fingerprint density at radius 2 is 2.29 bits per heavy atom. The zero-order valence-electron chi connectivity index (χ0n) is 11.4. The first-order valence-corrected chi connectivity index (χ1v) is 6.63. The maximum absolute atomic E-state index is 12.3. The van der Waals surface area contributed by atoms with Crippen LogP contribution in [0.25, 0.3) is 0 Å². The molecule has 0 aromatic carbocycles. The lowest BCUT2D eigenvalue weighted by atomic mass is 10.1. The summed E-state index contributed by atoms with van der Waals surface area (Å²) in [5.41, 5.74) is 5.52. The summed E-state index contributed by atoms with van der Waals surface area (Å²) < 4.78 is 36.9. The molecule has 5 nitrogen and oxygen atoms in total. The van der Waals surface area contributed by atoms with Gasteiger partial charge in [0.05, 0.1) is 12.1 Å². The second-order valence-corrected chi connectivity index (χ2v) is 5.15. The highest BCUT2D eigenvalue weighted by molar-refractivity contribution is 5.97. The SMILES string of the molecule is NC(=O)c1cccnc1NCC1CCN(CC(F)(F)F)C1. The standard InChI is InChI=1S/C13H17F3N4O/c14-13(15,16)8-20-5-3-9(7-20)6-19-12-10(11(17)21)2-1-4-18-12/h1-2,4,9H,3,5-8H2,(H2,17,21)(H,18,19).